The second-order valence-electron chi connectivity index (χ2n) is 3.24. The molecular formula is C10H12BrN3. The number of hydrogen-bond donors (Lipinski definition) is 1. The first-order valence-electron chi connectivity index (χ1n) is 4.51. The van der Waals surface area contributed by atoms with Gasteiger partial charge in [0.1, 0.15) is 10.3 Å². The zero-order chi connectivity index (χ0) is 10.1. The maximum absolute atomic E-state index is 4.52. The van der Waals surface area contributed by atoms with Crippen LogP contribution in [0.2, 0.25) is 0 Å². The Morgan fingerprint density at radius 1 is 1.50 bits per heavy atom. The normalized spacial score (nSPS) is 11.1. The molecule has 2 aromatic heterocycles. The Bertz CT molecular complexity index is 462. The number of pyridine rings is 1. The van der Waals surface area contributed by atoms with Crippen molar-refractivity contribution in [3.63, 3.8) is 0 Å². The van der Waals surface area contributed by atoms with E-state index in [1.165, 1.54) is 5.69 Å². The molecule has 3 nitrogen and oxygen atoms in total. The maximum Gasteiger partial charge on any atom is 0.138 e. The number of imidazole rings is 1. The van der Waals surface area contributed by atoms with Crippen LogP contribution >= 0.6 is 15.9 Å². The van der Waals surface area contributed by atoms with Gasteiger partial charge in [-0.25, -0.2) is 4.98 Å². The van der Waals surface area contributed by atoms with E-state index in [4.69, 9.17) is 0 Å². The summed E-state index contributed by atoms with van der Waals surface area (Å²) in [6.07, 6.45) is 0. The molecule has 14 heavy (non-hydrogen) atoms. The maximum atomic E-state index is 4.52. The second-order valence-corrected chi connectivity index (χ2v) is 3.99. The van der Waals surface area contributed by atoms with Crippen LogP contribution in [0.5, 0.6) is 0 Å². The lowest BCUT2D eigenvalue weighted by molar-refractivity contribution is 0.793. The van der Waals surface area contributed by atoms with Crippen LogP contribution < -0.4 is 5.32 Å². The van der Waals surface area contributed by atoms with Gasteiger partial charge in [0.25, 0.3) is 0 Å². The molecule has 0 saturated carbocycles. The Hall–Kier alpha value is -0.870. The van der Waals surface area contributed by atoms with Crippen molar-refractivity contribution in [2.75, 3.05) is 7.05 Å². The van der Waals surface area contributed by atoms with Crippen LogP contribution in [-0.4, -0.2) is 16.4 Å². The number of fused-ring (bicyclic) bond motifs is 1. The third-order valence-electron chi connectivity index (χ3n) is 2.19. The smallest absolute Gasteiger partial charge is 0.138 e. The summed E-state index contributed by atoms with van der Waals surface area (Å²) in [5.41, 5.74) is 3.22. The van der Waals surface area contributed by atoms with Gasteiger partial charge in [-0.15, -0.1) is 0 Å². The zero-order valence-electron chi connectivity index (χ0n) is 8.21. The highest BCUT2D eigenvalue weighted by Crippen LogP contribution is 2.20. The molecule has 0 aromatic carbocycles. The summed E-state index contributed by atoms with van der Waals surface area (Å²) >= 11 is 3.56. The van der Waals surface area contributed by atoms with E-state index < -0.39 is 0 Å². The van der Waals surface area contributed by atoms with E-state index in [1.807, 2.05) is 19.2 Å². The number of hydrogen-bond acceptors (Lipinski definition) is 2. The van der Waals surface area contributed by atoms with E-state index in [9.17, 15) is 0 Å². The monoisotopic (exact) mass is 253 g/mol. The van der Waals surface area contributed by atoms with E-state index in [1.54, 1.807) is 0 Å². The van der Waals surface area contributed by atoms with Gasteiger partial charge in [-0.05, 0) is 42.0 Å². The summed E-state index contributed by atoms with van der Waals surface area (Å²) in [5.74, 6) is 0. The molecular weight excluding hydrogens is 242 g/mol. The summed E-state index contributed by atoms with van der Waals surface area (Å²) < 4.78 is 3.15. The number of nitrogens with one attached hydrogen (secondary N) is 1. The summed E-state index contributed by atoms with van der Waals surface area (Å²) in [6, 6.07) is 6.10. The predicted octanol–water partition coefficient (Wildman–Crippen LogP) is 2.12. The molecule has 4 heteroatoms. The Balaban J connectivity index is 2.68. The average molecular weight is 254 g/mol. The molecule has 0 aliphatic heterocycles. The average Bonchev–Trinajstić information content (AvgIpc) is 2.46. The Labute approximate surface area is 91.3 Å². The molecule has 1 N–H and O–H groups in total. The van der Waals surface area contributed by atoms with Gasteiger partial charge in [-0.1, -0.05) is 6.07 Å². The summed E-state index contributed by atoms with van der Waals surface area (Å²) in [6.45, 7) is 2.85. The standard InChI is InChI=1S/C10H12BrN3/c1-7-4-3-5-9-13-8(6-12-2)10(11)14(7)9/h3-5,12H,6H2,1-2H3. The number of aryl methyl sites for hydroxylation is 1. The lowest BCUT2D eigenvalue weighted by Gasteiger charge is -2.00. The molecule has 0 fully saturated rings. The molecule has 2 aromatic rings. The van der Waals surface area contributed by atoms with E-state index >= 15 is 0 Å². The molecule has 0 spiro atoms. The molecule has 0 saturated heterocycles. The van der Waals surface area contributed by atoms with Crippen LogP contribution in [0.15, 0.2) is 22.8 Å². The first-order valence-corrected chi connectivity index (χ1v) is 5.30. The first-order chi connectivity index (χ1) is 6.74. The van der Waals surface area contributed by atoms with Crippen molar-refractivity contribution >= 4 is 21.6 Å². The highest BCUT2D eigenvalue weighted by molar-refractivity contribution is 9.10. The largest absolute Gasteiger partial charge is 0.314 e. The topological polar surface area (TPSA) is 29.3 Å². The molecule has 0 atom stereocenters. The molecule has 0 aliphatic rings. The second kappa shape index (κ2) is 3.71. The molecule has 0 bridgehead atoms. The van der Waals surface area contributed by atoms with Crippen LogP contribution in [0.25, 0.3) is 5.65 Å². The SMILES string of the molecule is CNCc1nc2cccc(C)n2c1Br. The van der Waals surface area contributed by atoms with E-state index in [0.29, 0.717) is 0 Å². The Kier molecular flexibility index (Phi) is 2.56. The number of rotatable bonds is 2. The van der Waals surface area contributed by atoms with Gasteiger partial charge in [-0.2, -0.15) is 0 Å². The highest BCUT2D eigenvalue weighted by atomic mass is 79.9. The lowest BCUT2D eigenvalue weighted by atomic mass is 10.4. The van der Waals surface area contributed by atoms with Crippen molar-refractivity contribution in [2.24, 2.45) is 0 Å². The molecule has 0 radical (unpaired) electrons. The summed E-state index contributed by atoms with van der Waals surface area (Å²) in [4.78, 5) is 4.52. The highest BCUT2D eigenvalue weighted by Gasteiger charge is 2.09. The fourth-order valence-electron chi connectivity index (χ4n) is 1.54. The van der Waals surface area contributed by atoms with Crippen LogP contribution in [0.3, 0.4) is 0 Å². The molecule has 0 aliphatic carbocycles. The Morgan fingerprint density at radius 2 is 2.29 bits per heavy atom. The third-order valence-corrected chi connectivity index (χ3v) is 3.01. The van der Waals surface area contributed by atoms with Crippen molar-refractivity contribution < 1.29 is 0 Å². The Morgan fingerprint density at radius 3 is 2.93 bits per heavy atom. The third kappa shape index (κ3) is 1.44. The van der Waals surface area contributed by atoms with Crippen molar-refractivity contribution in [3.8, 4) is 0 Å². The van der Waals surface area contributed by atoms with Crippen LogP contribution in [0.4, 0.5) is 0 Å². The van der Waals surface area contributed by atoms with Gasteiger partial charge in [0.15, 0.2) is 0 Å². The summed E-state index contributed by atoms with van der Waals surface area (Å²) in [5, 5.41) is 3.10. The van der Waals surface area contributed by atoms with Crippen molar-refractivity contribution in [2.45, 2.75) is 13.5 Å². The van der Waals surface area contributed by atoms with E-state index in [2.05, 4.69) is 43.6 Å². The zero-order valence-corrected chi connectivity index (χ0v) is 9.80. The van der Waals surface area contributed by atoms with Gasteiger partial charge in [0.05, 0.1) is 5.69 Å². The van der Waals surface area contributed by atoms with Crippen LogP contribution in [0.1, 0.15) is 11.4 Å². The quantitative estimate of drug-likeness (QED) is 0.889. The minimum absolute atomic E-state index is 0.779. The fourth-order valence-corrected chi connectivity index (χ4v) is 2.23. The van der Waals surface area contributed by atoms with E-state index in [-0.39, 0.29) is 0 Å². The minimum atomic E-state index is 0.779. The summed E-state index contributed by atoms with van der Waals surface area (Å²) in [7, 11) is 1.92. The van der Waals surface area contributed by atoms with Gasteiger partial charge < -0.3 is 5.32 Å². The van der Waals surface area contributed by atoms with E-state index in [0.717, 1.165) is 22.5 Å². The molecule has 2 heterocycles. The predicted molar refractivity (Wildman–Crippen MR) is 60.4 cm³/mol. The molecule has 0 unspecified atom stereocenters. The van der Waals surface area contributed by atoms with Gasteiger partial charge in [0.2, 0.25) is 0 Å². The molecule has 74 valence electrons. The van der Waals surface area contributed by atoms with Crippen molar-refractivity contribution in [1.29, 1.82) is 0 Å². The van der Waals surface area contributed by atoms with Gasteiger partial charge in [-0.3, -0.25) is 4.40 Å². The minimum Gasteiger partial charge on any atom is -0.314 e. The van der Waals surface area contributed by atoms with Gasteiger partial charge in [0, 0.05) is 12.2 Å². The number of halogens is 1. The van der Waals surface area contributed by atoms with Crippen molar-refractivity contribution in [1.82, 2.24) is 14.7 Å². The number of nitrogens with zero attached hydrogens (tertiary/aromatic N) is 2. The van der Waals surface area contributed by atoms with Crippen molar-refractivity contribution in [3.05, 3.63) is 34.2 Å². The lowest BCUT2D eigenvalue weighted by Crippen LogP contribution is -2.05. The fraction of sp³-hybridized carbons (Fsp3) is 0.300. The first kappa shape index (κ1) is 9.68. The van der Waals surface area contributed by atoms with Crippen LogP contribution in [0, 0.1) is 6.92 Å². The van der Waals surface area contributed by atoms with Gasteiger partial charge >= 0.3 is 0 Å². The molecule has 0 amide bonds. The number of aromatic nitrogens is 2. The van der Waals surface area contributed by atoms with Crippen LogP contribution in [-0.2, 0) is 6.54 Å². The molecule has 2 rings (SSSR count).